The van der Waals surface area contributed by atoms with Crippen LogP contribution in [0.1, 0.15) is 10.6 Å². The average Bonchev–Trinajstić information content (AvgIpc) is 3.27. The number of aryl methyl sites for hydroxylation is 2. The van der Waals surface area contributed by atoms with Crippen LogP contribution in [0.4, 0.5) is 0 Å². The summed E-state index contributed by atoms with van der Waals surface area (Å²) in [5, 5.41) is 14.9. The van der Waals surface area contributed by atoms with Crippen molar-refractivity contribution in [1.29, 1.82) is 0 Å². The third-order valence-electron chi connectivity index (χ3n) is 4.21. The van der Waals surface area contributed by atoms with Gasteiger partial charge < -0.3 is 9.47 Å². The molecule has 2 aromatic carbocycles. The van der Waals surface area contributed by atoms with Crippen LogP contribution in [-0.4, -0.2) is 34.0 Å². The van der Waals surface area contributed by atoms with E-state index in [-0.39, 0.29) is 0 Å². The van der Waals surface area contributed by atoms with E-state index in [0.29, 0.717) is 5.02 Å². The Hall–Kier alpha value is -2.64. The lowest BCUT2D eigenvalue weighted by atomic mass is 10.1. The summed E-state index contributed by atoms with van der Waals surface area (Å²) in [4.78, 5) is 0.780. The first kappa shape index (κ1) is 17.8. The minimum absolute atomic E-state index is 0.688. The van der Waals surface area contributed by atoms with Crippen molar-refractivity contribution >= 4 is 27.9 Å². The number of nitrogens with zero attached hydrogens (tertiary/aromatic N) is 4. The molecule has 4 rings (SSSR count). The SMILES string of the molecule is COc1ccc(CCc2nn3c(-c4ccc(Cl)cc4)nnc3s2)cc1OC. The van der Waals surface area contributed by atoms with Gasteiger partial charge in [-0.1, -0.05) is 29.0 Å². The Labute approximate surface area is 165 Å². The van der Waals surface area contributed by atoms with Gasteiger partial charge in [-0.15, -0.1) is 10.2 Å². The summed E-state index contributed by atoms with van der Waals surface area (Å²) in [7, 11) is 3.28. The summed E-state index contributed by atoms with van der Waals surface area (Å²) >= 11 is 7.51. The molecule has 2 aromatic heterocycles. The van der Waals surface area contributed by atoms with Crippen LogP contribution in [-0.2, 0) is 12.8 Å². The van der Waals surface area contributed by atoms with Gasteiger partial charge in [0.05, 0.1) is 14.2 Å². The number of aromatic nitrogens is 4. The highest BCUT2D eigenvalue weighted by molar-refractivity contribution is 7.16. The molecular weight excluding hydrogens is 384 g/mol. The second kappa shape index (κ2) is 7.54. The summed E-state index contributed by atoms with van der Waals surface area (Å²) in [6, 6.07) is 13.5. The summed E-state index contributed by atoms with van der Waals surface area (Å²) in [6.45, 7) is 0. The zero-order valence-electron chi connectivity index (χ0n) is 14.8. The summed E-state index contributed by atoms with van der Waals surface area (Å²) in [5.41, 5.74) is 2.10. The first-order valence-corrected chi connectivity index (χ1v) is 9.55. The lowest BCUT2D eigenvalue weighted by Crippen LogP contribution is -1.96. The van der Waals surface area contributed by atoms with E-state index >= 15 is 0 Å². The van der Waals surface area contributed by atoms with Gasteiger partial charge in [0.1, 0.15) is 5.01 Å². The topological polar surface area (TPSA) is 61.5 Å². The van der Waals surface area contributed by atoms with Gasteiger partial charge >= 0.3 is 0 Å². The molecule has 0 amide bonds. The quantitative estimate of drug-likeness (QED) is 0.482. The van der Waals surface area contributed by atoms with Gasteiger partial charge in [-0.05, 0) is 48.4 Å². The van der Waals surface area contributed by atoms with Crippen LogP contribution in [0.3, 0.4) is 0 Å². The van der Waals surface area contributed by atoms with E-state index in [1.807, 2.05) is 42.5 Å². The number of halogens is 1. The summed E-state index contributed by atoms with van der Waals surface area (Å²) < 4.78 is 12.4. The molecule has 0 aliphatic carbocycles. The highest BCUT2D eigenvalue weighted by atomic mass is 35.5. The molecule has 0 aliphatic rings. The van der Waals surface area contributed by atoms with Crippen LogP contribution >= 0.6 is 22.9 Å². The Balaban J connectivity index is 1.54. The van der Waals surface area contributed by atoms with Crippen molar-refractivity contribution in [3.63, 3.8) is 0 Å². The maximum atomic E-state index is 5.96. The van der Waals surface area contributed by atoms with Crippen LogP contribution in [0.5, 0.6) is 11.5 Å². The number of fused-ring (bicyclic) bond motifs is 1. The largest absolute Gasteiger partial charge is 0.493 e. The molecule has 0 spiro atoms. The lowest BCUT2D eigenvalue weighted by Gasteiger charge is -2.09. The van der Waals surface area contributed by atoms with E-state index in [0.717, 1.165) is 51.3 Å². The molecule has 4 aromatic rings. The van der Waals surface area contributed by atoms with Crippen LogP contribution < -0.4 is 9.47 Å². The number of hydrogen-bond donors (Lipinski definition) is 0. The second-order valence-corrected chi connectivity index (χ2v) is 7.39. The number of ether oxygens (including phenoxy) is 2. The highest BCUT2D eigenvalue weighted by Crippen LogP contribution is 2.28. The van der Waals surface area contributed by atoms with Crippen LogP contribution in [0.25, 0.3) is 16.3 Å². The van der Waals surface area contributed by atoms with Crippen molar-refractivity contribution in [2.75, 3.05) is 14.2 Å². The number of benzene rings is 2. The first-order chi connectivity index (χ1) is 13.2. The van der Waals surface area contributed by atoms with Crippen molar-refractivity contribution in [2.45, 2.75) is 12.8 Å². The fourth-order valence-corrected chi connectivity index (χ4v) is 3.78. The zero-order chi connectivity index (χ0) is 18.8. The Morgan fingerprint density at radius 3 is 2.48 bits per heavy atom. The lowest BCUT2D eigenvalue weighted by molar-refractivity contribution is 0.354. The van der Waals surface area contributed by atoms with Gasteiger partial charge in [-0.3, -0.25) is 0 Å². The maximum absolute atomic E-state index is 5.96. The van der Waals surface area contributed by atoms with E-state index in [9.17, 15) is 0 Å². The van der Waals surface area contributed by atoms with Crippen LogP contribution in [0, 0.1) is 0 Å². The van der Waals surface area contributed by atoms with Crippen molar-refractivity contribution in [1.82, 2.24) is 19.8 Å². The van der Waals surface area contributed by atoms with Crippen molar-refractivity contribution < 1.29 is 9.47 Å². The molecule has 0 saturated carbocycles. The normalized spacial score (nSPS) is 11.1. The van der Waals surface area contributed by atoms with Gasteiger partial charge in [0.15, 0.2) is 17.3 Å². The number of hydrogen-bond acceptors (Lipinski definition) is 6. The Morgan fingerprint density at radius 1 is 0.963 bits per heavy atom. The van der Waals surface area contributed by atoms with E-state index in [1.165, 1.54) is 0 Å². The molecule has 0 atom stereocenters. The van der Waals surface area contributed by atoms with Crippen molar-refractivity contribution in [2.24, 2.45) is 0 Å². The van der Waals surface area contributed by atoms with Gasteiger partial charge in [0.2, 0.25) is 4.96 Å². The molecule has 0 fully saturated rings. The molecule has 6 nitrogen and oxygen atoms in total. The Kier molecular flexibility index (Phi) is 4.96. The molecule has 0 unspecified atom stereocenters. The molecular formula is C19H17ClN4O2S. The van der Waals surface area contributed by atoms with Gasteiger partial charge in [0.25, 0.3) is 0 Å². The minimum atomic E-state index is 0.688. The molecule has 8 heteroatoms. The smallest absolute Gasteiger partial charge is 0.234 e. The van der Waals surface area contributed by atoms with Crippen LogP contribution in [0.15, 0.2) is 42.5 Å². The average molecular weight is 401 g/mol. The van der Waals surface area contributed by atoms with E-state index in [4.69, 9.17) is 21.1 Å². The molecule has 0 bridgehead atoms. The second-order valence-electron chi connectivity index (χ2n) is 5.91. The van der Waals surface area contributed by atoms with E-state index in [2.05, 4.69) is 15.3 Å². The van der Waals surface area contributed by atoms with E-state index < -0.39 is 0 Å². The van der Waals surface area contributed by atoms with Gasteiger partial charge in [-0.25, -0.2) is 0 Å². The molecule has 0 radical (unpaired) electrons. The van der Waals surface area contributed by atoms with Crippen molar-refractivity contribution in [3.05, 3.63) is 58.1 Å². The highest BCUT2D eigenvalue weighted by Gasteiger charge is 2.14. The van der Waals surface area contributed by atoms with E-state index in [1.54, 1.807) is 30.1 Å². The predicted molar refractivity (Wildman–Crippen MR) is 106 cm³/mol. The Bertz CT molecular complexity index is 1080. The summed E-state index contributed by atoms with van der Waals surface area (Å²) in [5.74, 6) is 2.18. The molecule has 138 valence electrons. The number of rotatable bonds is 6. The monoisotopic (exact) mass is 400 g/mol. The van der Waals surface area contributed by atoms with Gasteiger partial charge in [0, 0.05) is 17.0 Å². The molecule has 0 saturated heterocycles. The predicted octanol–water partition coefficient (Wildman–Crippen LogP) is 4.31. The fraction of sp³-hybridized carbons (Fsp3) is 0.211. The Morgan fingerprint density at radius 2 is 1.74 bits per heavy atom. The standard InChI is InChI=1S/C19H17ClN4O2S/c1-25-15-9-3-12(11-16(15)26-2)4-10-17-23-24-18(21-22-19(24)27-17)13-5-7-14(20)8-6-13/h3,5-9,11H,4,10H2,1-2H3. The maximum Gasteiger partial charge on any atom is 0.234 e. The molecule has 0 aliphatic heterocycles. The third-order valence-corrected chi connectivity index (χ3v) is 5.42. The molecule has 0 N–H and O–H groups in total. The molecule has 2 heterocycles. The van der Waals surface area contributed by atoms with Crippen molar-refractivity contribution in [3.8, 4) is 22.9 Å². The zero-order valence-corrected chi connectivity index (χ0v) is 16.4. The van der Waals surface area contributed by atoms with Gasteiger partial charge in [-0.2, -0.15) is 9.61 Å². The first-order valence-electron chi connectivity index (χ1n) is 8.36. The summed E-state index contributed by atoms with van der Waals surface area (Å²) in [6.07, 6.45) is 1.66. The fourth-order valence-electron chi connectivity index (χ4n) is 2.82. The number of methoxy groups -OCH3 is 2. The molecule has 27 heavy (non-hydrogen) atoms. The third kappa shape index (κ3) is 3.61. The van der Waals surface area contributed by atoms with Crippen LogP contribution in [0.2, 0.25) is 5.02 Å². The minimum Gasteiger partial charge on any atom is -0.493 e.